The minimum Gasteiger partial charge on any atom is -0.335 e. The number of carbonyl (C=O) groups is 2. The van der Waals surface area contributed by atoms with Crippen LogP contribution in [0.2, 0.25) is 0 Å². The fraction of sp³-hybridized carbons (Fsp3) is 0.600. The van der Waals surface area contributed by atoms with Crippen LogP contribution in [0, 0.1) is 0 Å². The Morgan fingerprint density at radius 1 is 1.20 bits per heavy atom. The Morgan fingerprint density at radius 2 is 1.92 bits per heavy atom. The third-order valence-corrected chi connectivity index (χ3v) is 5.69. The highest BCUT2D eigenvalue weighted by molar-refractivity contribution is 5.96. The largest absolute Gasteiger partial charge is 0.335 e. The molecule has 0 radical (unpaired) electrons. The predicted octanol–water partition coefficient (Wildman–Crippen LogP) is 2.39. The summed E-state index contributed by atoms with van der Waals surface area (Å²) in [6, 6.07) is 8.58. The van der Waals surface area contributed by atoms with Crippen LogP contribution in [0.15, 0.2) is 24.3 Å². The average molecular weight is 344 g/mol. The second-order valence-corrected chi connectivity index (χ2v) is 7.55. The third-order valence-electron chi connectivity index (χ3n) is 5.69. The number of benzene rings is 1. The van der Waals surface area contributed by atoms with Gasteiger partial charge in [0, 0.05) is 30.1 Å². The van der Waals surface area contributed by atoms with Gasteiger partial charge in [0.05, 0.1) is 18.6 Å². The van der Waals surface area contributed by atoms with Crippen molar-refractivity contribution < 1.29 is 14.5 Å². The topological polar surface area (TPSA) is 62.6 Å². The van der Waals surface area contributed by atoms with Gasteiger partial charge in [-0.15, -0.1) is 0 Å². The summed E-state index contributed by atoms with van der Waals surface area (Å²) in [5.41, 5.74) is 1.28. The molecular weight excluding hydrogens is 314 g/mol. The van der Waals surface area contributed by atoms with Gasteiger partial charge in [-0.05, 0) is 44.7 Å². The molecule has 1 aromatic rings. The molecule has 2 bridgehead atoms. The monoisotopic (exact) mass is 344 g/mol. The Balaban J connectivity index is 1.57. The van der Waals surface area contributed by atoms with Crippen molar-refractivity contribution in [3.63, 3.8) is 0 Å². The fourth-order valence-electron chi connectivity index (χ4n) is 4.62. The van der Waals surface area contributed by atoms with Crippen molar-refractivity contribution in [3.8, 4) is 0 Å². The zero-order valence-corrected chi connectivity index (χ0v) is 15.3. The van der Waals surface area contributed by atoms with Gasteiger partial charge in [0.1, 0.15) is 0 Å². The number of piperidine rings is 2. The number of hydrogen-bond acceptors (Lipinski definition) is 2. The molecular formula is C20H30N3O2+. The van der Waals surface area contributed by atoms with E-state index >= 15 is 0 Å². The van der Waals surface area contributed by atoms with Gasteiger partial charge >= 0.3 is 6.03 Å². The van der Waals surface area contributed by atoms with E-state index in [1.807, 2.05) is 6.07 Å². The number of fused-ring (bicyclic) bond motifs is 2. The van der Waals surface area contributed by atoms with Gasteiger partial charge in [-0.3, -0.25) is 4.79 Å². The van der Waals surface area contributed by atoms with E-state index < -0.39 is 0 Å². The first-order valence-corrected chi connectivity index (χ1v) is 9.61. The molecule has 2 saturated heterocycles. The number of hydrogen-bond donors (Lipinski definition) is 3. The molecule has 0 saturated carbocycles. The Labute approximate surface area is 150 Å². The summed E-state index contributed by atoms with van der Waals surface area (Å²) < 4.78 is 0. The van der Waals surface area contributed by atoms with Gasteiger partial charge in [-0.2, -0.15) is 0 Å². The van der Waals surface area contributed by atoms with Crippen LogP contribution in [0.1, 0.15) is 62.7 Å². The van der Waals surface area contributed by atoms with Gasteiger partial charge in [0.2, 0.25) is 0 Å². The summed E-state index contributed by atoms with van der Waals surface area (Å²) in [5, 5.41) is 6.04. The van der Waals surface area contributed by atoms with Crippen molar-refractivity contribution in [2.75, 3.05) is 11.9 Å². The molecule has 2 unspecified atom stereocenters. The van der Waals surface area contributed by atoms with Crippen molar-refractivity contribution in [1.29, 1.82) is 0 Å². The van der Waals surface area contributed by atoms with Crippen LogP contribution in [0.3, 0.4) is 0 Å². The summed E-state index contributed by atoms with van der Waals surface area (Å²) in [5.74, 6) is 0.00292. The highest BCUT2D eigenvalue weighted by atomic mass is 16.2. The first-order valence-electron chi connectivity index (χ1n) is 9.61. The molecule has 2 fully saturated rings. The van der Waals surface area contributed by atoms with Crippen molar-refractivity contribution in [1.82, 2.24) is 5.32 Å². The minimum absolute atomic E-state index is 0.00292. The van der Waals surface area contributed by atoms with Crippen molar-refractivity contribution in [2.24, 2.45) is 0 Å². The Bertz CT molecular complexity index is 617. The lowest BCUT2D eigenvalue weighted by Gasteiger charge is -2.45. The first-order chi connectivity index (χ1) is 12.1. The number of urea groups is 1. The number of Topliss-reactive ketones (excluding diaryl/α,β-unsaturated/α-hetero) is 1. The summed E-state index contributed by atoms with van der Waals surface area (Å²) in [7, 11) is 0. The Hall–Kier alpha value is -1.88. The number of ketones is 1. The quantitative estimate of drug-likeness (QED) is 0.718. The summed E-state index contributed by atoms with van der Waals surface area (Å²) in [6.45, 7) is 5.05. The van der Waals surface area contributed by atoms with E-state index in [9.17, 15) is 9.59 Å². The highest BCUT2D eigenvalue weighted by Crippen LogP contribution is 2.22. The maximum atomic E-state index is 12.4. The Morgan fingerprint density at radius 3 is 2.56 bits per heavy atom. The lowest BCUT2D eigenvalue weighted by Crippen LogP contribution is -3.21. The minimum atomic E-state index is -0.164. The SMILES string of the molecule is CCC[NH+]1[C@@H]2CCC[C@H]1CC(NC(=O)Nc1cccc(C(C)=O)c1)C2. The molecule has 2 aliphatic heterocycles. The lowest BCUT2D eigenvalue weighted by molar-refractivity contribution is -0.961. The second-order valence-electron chi connectivity index (χ2n) is 7.55. The van der Waals surface area contributed by atoms with E-state index in [0.29, 0.717) is 23.3 Å². The maximum Gasteiger partial charge on any atom is 0.319 e. The summed E-state index contributed by atoms with van der Waals surface area (Å²) >= 11 is 0. The van der Waals surface area contributed by atoms with Crippen molar-refractivity contribution in [3.05, 3.63) is 29.8 Å². The molecule has 1 aromatic carbocycles. The molecule has 0 spiro atoms. The zero-order valence-electron chi connectivity index (χ0n) is 15.3. The molecule has 5 nitrogen and oxygen atoms in total. The predicted molar refractivity (Wildman–Crippen MR) is 99.2 cm³/mol. The number of amides is 2. The van der Waals surface area contributed by atoms with Gasteiger partial charge in [0.25, 0.3) is 0 Å². The van der Waals surface area contributed by atoms with E-state index in [1.54, 1.807) is 23.1 Å². The van der Waals surface area contributed by atoms with E-state index in [0.717, 1.165) is 12.8 Å². The van der Waals surface area contributed by atoms with Crippen LogP contribution in [-0.2, 0) is 0 Å². The van der Waals surface area contributed by atoms with Gasteiger partial charge < -0.3 is 15.5 Å². The van der Waals surface area contributed by atoms with E-state index in [-0.39, 0.29) is 17.9 Å². The zero-order chi connectivity index (χ0) is 17.8. The standard InChI is InChI=1S/C20H29N3O2/c1-3-10-23-18-8-5-9-19(23)13-17(12-18)22-20(25)21-16-7-4-6-15(11-16)14(2)24/h4,6-7,11,17-19H,3,5,8-10,12-13H2,1-2H3,(H2,21,22,25)/p+1/t17?,18-,19+. The van der Waals surface area contributed by atoms with Crippen molar-refractivity contribution >= 4 is 17.5 Å². The van der Waals surface area contributed by atoms with Crippen molar-refractivity contribution in [2.45, 2.75) is 70.5 Å². The van der Waals surface area contributed by atoms with Crippen LogP contribution in [0.25, 0.3) is 0 Å². The van der Waals surface area contributed by atoms with Crippen LogP contribution in [0.4, 0.5) is 10.5 Å². The molecule has 0 aliphatic carbocycles. The van der Waals surface area contributed by atoms with Gasteiger partial charge in [0.15, 0.2) is 5.78 Å². The number of anilines is 1. The Kier molecular flexibility index (Phi) is 5.74. The molecule has 4 atom stereocenters. The van der Waals surface area contributed by atoms with Gasteiger partial charge in [-0.1, -0.05) is 19.1 Å². The molecule has 5 heteroatoms. The normalized spacial score (nSPS) is 28.2. The molecule has 2 heterocycles. The van der Waals surface area contributed by atoms with E-state index in [2.05, 4.69) is 17.6 Å². The van der Waals surface area contributed by atoms with E-state index in [4.69, 9.17) is 0 Å². The second kappa shape index (κ2) is 8.00. The van der Waals surface area contributed by atoms with Gasteiger partial charge in [-0.25, -0.2) is 4.79 Å². The fourth-order valence-corrected chi connectivity index (χ4v) is 4.62. The number of carbonyl (C=O) groups excluding carboxylic acids is 2. The van der Waals surface area contributed by atoms with E-state index in [1.165, 1.54) is 39.2 Å². The molecule has 0 aromatic heterocycles. The molecule has 2 amide bonds. The number of quaternary nitrogens is 1. The molecule has 3 rings (SSSR count). The average Bonchev–Trinajstić information content (AvgIpc) is 2.56. The van der Waals surface area contributed by atoms with Crippen LogP contribution in [0.5, 0.6) is 0 Å². The molecule has 136 valence electrons. The highest BCUT2D eigenvalue weighted by Gasteiger charge is 2.41. The third kappa shape index (κ3) is 4.40. The number of rotatable bonds is 5. The van der Waals surface area contributed by atoms with Crippen LogP contribution < -0.4 is 15.5 Å². The summed E-state index contributed by atoms with van der Waals surface area (Å²) in [4.78, 5) is 25.6. The van der Waals surface area contributed by atoms with Crippen LogP contribution >= 0.6 is 0 Å². The number of nitrogens with one attached hydrogen (secondary N) is 3. The van der Waals surface area contributed by atoms with Crippen LogP contribution in [-0.4, -0.2) is 36.5 Å². The molecule has 2 aliphatic rings. The molecule has 25 heavy (non-hydrogen) atoms. The maximum absolute atomic E-state index is 12.4. The smallest absolute Gasteiger partial charge is 0.319 e. The lowest BCUT2D eigenvalue weighted by atomic mass is 9.81. The summed E-state index contributed by atoms with van der Waals surface area (Å²) in [6.07, 6.45) is 7.28. The first kappa shape index (κ1) is 17.9. The molecule has 3 N–H and O–H groups in total.